The van der Waals surface area contributed by atoms with E-state index in [0.29, 0.717) is 48.9 Å². The number of carbonyl (C=O) groups excluding carboxylic acids is 6. The van der Waals surface area contributed by atoms with Gasteiger partial charge in [0.05, 0.1) is 53.7 Å². The second kappa shape index (κ2) is 21.7. The summed E-state index contributed by atoms with van der Waals surface area (Å²) in [6.07, 6.45) is 3.84. The zero-order valence-corrected chi connectivity index (χ0v) is 41.7. The Morgan fingerprint density at radius 3 is 1.32 bits per heavy atom. The van der Waals surface area contributed by atoms with E-state index < -0.39 is 77.0 Å². The molecule has 4 saturated heterocycles. The lowest BCUT2D eigenvalue weighted by Gasteiger charge is -2.33. The van der Waals surface area contributed by atoms with Gasteiger partial charge in [-0.15, -0.1) is 0 Å². The molecule has 6 amide bonds. The van der Waals surface area contributed by atoms with Crippen molar-refractivity contribution in [2.75, 3.05) is 64.4 Å². The van der Waals surface area contributed by atoms with Gasteiger partial charge in [-0.1, -0.05) is 112 Å². The number of alkyl carbamates (subject to hydrolysis) is 2. The number of anilines is 2. The lowest BCUT2D eigenvalue weighted by Crippen LogP contribution is -2.49. The smallest absolute Gasteiger partial charge is 0.407 e. The van der Waals surface area contributed by atoms with E-state index in [4.69, 9.17) is 28.4 Å². The van der Waals surface area contributed by atoms with Crippen LogP contribution in [-0.2, 0) is 53.0 Å². The number of likely N-dealkylation sites (tertiary alicyclic amines) is 2. The van der Waals surface area contributed by atoms with Gasteiger partial charge in [-0.2, -0.15) is 0 Å². The Morgan fingerprint density at radius 1 is 0.575 bits per heavy atom. The molecule has 386 valence electrons. The average molecular weight is 1000 g/mol. The van der Waals surface area contributed by atoms with E-state index in [9.17, 15) is 28.8 Å². The van der Waals surface area contributed by atoms with Crippen LogP contribution in [0.15, 0.2) is 97.1 Å². The fraction of sp³-hybridized carbons (Fsp3) is 0.455. The highest BCUT2D eigenvalue weighted by molar-refractivity contribution is 6.01. The molecule has 0 aromatic heterocycles. The minimum Gasteiger partial charge on any atom is -0.453 e. The highest BCUT2D eigenvalue weighted by Gasteiger charge is 2.55. The third-order valence-corrected chi connectivity index (χ3v) is 14.8. The molecule has 4 aliphatic heterocycles. The average Bonchev–Trinajstić information content (AvgIpc) is 4.28. The fourth-order valence-electron chi connectivity index (χ4n) is 11.3. The number of hydrogen-bond acceptors (Lipinski definition) is 12. The Labute approximate surface area is 424 Å². The van der Waals surface area contributed by atoms with E-state index in [-0.39, 0.29) is 25.9 Å². The van der Waals surface area contributed by atoms with Crippen molar-refractivity contribution in [1.82, 2.24) is 20.4 Å². The molecule has 2 spiro atoms. The molecule has 4 aromatic carbocycles. The Balaban J connectivity index is 1.01. The van der Waals surface area contributed by atoms with Crippen LogP contribution < -0.4 is 21.3 Å². The van der Waals surface area contributed by atoms with Crippen LogP contribution in [0.25, 0.3) is 11.1 Å². The molecule has 0 radical (unpaired) electrons. The molecule has 18 heteroatoms. The van der Waals surface area contributed by atoms with Gasteiger partial charge in [-0.05, 0) is 70.5 Å². The van der Waals surface area contributed by atoms with Gasteiger partial charge in [0.1, 0.15) is 24.2 Å². The minimum absolute atomic E-state index is 0.0239. The number of ether oxygens (including phenoxy) is 6. The molecular formula is C55H64N6O12. The quantitative estimate of drug-likeness (QED) is 0.0886. The van der Waals surface area contributed by atoms with Crippen molar-refractivity contribution in [2.24, 2.45) is 0 Å². The number of carbonyl (C=O) groups is 6. The van der Waals surface area contributed by atoms with E-state index in [1.165, 1.54) is 24.0 Å². The molecule has 0 bridgehead atoms. The monoisotopic (exact) mass is 1000 g/mol. The molecule has 73 heavy (non-hydrogen) atoms. The lowest BCUT2D eigenvalue weighted by molar-refractivity contribution is -0.153. The van der Waals surface area contributed by atoms with Crippen LogP contribution in [0, 0.1) is 0 Å². The van der Waals surface area contributed by atoms with Crippen LogP contribution >= 0.6 is 0 Å². The Bertz CT molecular complexity index is 2510. The first kappa shape index (κ1) is 51.1. The van der Waals surface area contributed by atoms with Crippen LogP contribution in [0.4, 0.5) is 21.0 Å². The number of rotatable bonds is 16. The van der Waals surface area contributed by atoms with E-state index >= 15 is 0 Å². The van der Waals surface area contributed by atoms with Crippen molar-refractivity contribution < 1.29 is 57.2 Å². The number of fused-ring (bicyclic) bond motifs is 3. The largest absolute Gasteiger partial charge is 0.453 e. The van der Waals surface area contributed by atoms with Crippen LogP contribution in [-0.4, -0.2) is 123 Å². The number of amides is 6. The number of unbranched alkanes of at least 4 members (excludes halogenated alkanes) is 2. The predicted molar refractivity (Wildman–Crippen MR) is 268 cm³/mol. The third kappa shape index (κ3) is 10.3. The molecule has 0 saturated carbocycles. The van der Waals surface area contributed by atoms with E-state index in [1.54, 1.807) is 60.7 Å². The normalized spacial score (nSPS) is 20.5. The van der Waals surface area contributed by atoms with Crippen molar-refractivity contribution in [3.63, 3.8) is 0 Å². The number of methoxy groups -OCH3 is 2. The second-order valence-corrected chi connectivity index (χ2v) is 19.3. The van der Waals surface area contributed by atoms with Crippen molar-refractivity contribution in [1.29, 1.82) is 0 Å². The number of nitrogens with zero attached hydrogens (tertiary/aromatic N) is 2. The maximum atomic E-state index is 14.7. The fourth-order valence-corrected chi connectivity index (χ4v) is 11.3. The molecule has 4 atom stereocenters. The maximum absolute atomic E-state index is 14.7. The van der Waals surface area contributed by atoms with Gasteiger partial charge in [0.25, 0.3) is 11.8 Å². The highest BCUT2D eigenvalue weighted by Crippen LogP contribution is 2.55. The molecular weight excluding hydrogens is 937 g/mol. The van der Waals surface area contributed by atoms with Crippen LogP contribution in [0.3, 0.4) is 0 Å². The van der Waals surface area contributed by atoms with Gasteiger partial charge in [0, 0.05) is 29.6 Å². The Kier molecular flexibility index (Phi) is 15.2. The van der Waals surface area contributed by atoms with Gasteiger partial charge in [0.15, 0.2) is 11.6 Å². The summed E-state index contributed by atoms with van der Waals surface area (Å²) >= 11 is 0. The summed E-state index contributed by atoms with van der Waals surface area (Å²) in [5.41, 5.74) is 5.74. The van der Waals surface area contributed by atoms with Gasteiger partial charge >= 0.3 is 12.2 Å². The molecule has 0 unspecified atom stereocenters. The number of hydrogen-bond donors (Lipinski definition) is 4. The Hall–Kier alpha value is -6.86. The number of benzene rings is 4. The maximum Gasteiger partial charge on any atom is 0.407 e. The van der Waals surface area contributed by atoms with E-state index in [2.05, 4.69) is 35.1 Å². The highest BCUT2D eigenvalue weighted by atomic mass is 16.7. The summed E-state index contributed by atoms with van der Waals surface area (Å²) in [5.74, 6) is -4.29. The molecule has 4 fully saturated rings. The van der Waals surface area contributed by atoms with Crippen molar-refractivity contribution in [3.05, 3.63) is 119 Å². The van der Waals surface area contributed by atoms with Gasteiger partial charge in [-0.25, -0.2) is 9.59 Å². The summed E-state index contributed by atoms with van der Waals surface area (Å²) in [6.45, 7) is 5.49. The van der Waals surface area contributed by atoms with E-state index in [1.807, 2.05) is 36.4 Å². The van der Waals surface area contributed by atoms with Crippen LogP contribution in [0.1, 0.15) is 99.6 Å². The zero-order chi connectivity index (χ0) is 51.3. The summed E-state index contributed by atoms with van der Waals surface area (Å²) in [5, 5.41) is 11.6. The molecule has 1 aliphatic carbocycles. The number of nitrogens with one attached hydrogen (secondary N) is 4. The lowest BCUT2D eigenvalue weighted by atomic mass is 9.70. The summed E-state index contributed by atoms with van der Waals surface area (Å²) in [6, 6.07) is 25.1. The topological polar surface area (TPSA) is 212 Å². The second-order valence-electron chi connectivity index (χ2n) is 19.3. The molecule has 18 nitrogen and oxygen atoms in total. The Morgan fingerprint density at radius 2 is 0.959 bits per heavy atom. The molecule has 4 N–H and O–H groups in total. The third-order valence-electron chi connectivity index (χ3n) is 14.8. The summed E-state index contributed by atoms with van der Waals surface area (Å²) in [7, 11) is 2.44. The zero-order valence-electron chi connectivity index (χ0n) is 41.7. The minimum atomic E-state index is -1.19. The molecule has 5 aliphatic rings. The summed E-state index contributed by atoms with van der Waals surface area (Å²) < 4.78 is 34.0. The van der Waals surface area contributed by atoms with Crippen molar-refractivity contribution in [2.45, 2.75) is 106 Å². The molecule has 4 heterocycles. The molecule has 9 rings (SSSR count). The van der Waals surface area contributed by atoms with Crippen LogP contribution in [0.5, 0.6) is 0 Å². The standard InChI is InChI=1S/C55H64N6O12/c1-5-7-23-53(24-8-6-2)41-29-37(56-47(62)43-31-54(70-25-26-71-54)33-60(43)49(64)45(58-51(66)68-3)35-15-11-9-12-16-35)19-21-39(41)40-22-20-38(30-42(40)53)57-48(63)44-32-55(72-27-28-73-55)34-61(44)50(65)46(59-52(67)69-4)36-17-13-10-14-18-36/h9-22,29-30,43-46H,5-8,23-28,31-34H2,1-4H3,(H,56,62)(H,57,63)(H,58,66)(H,59,67)/t43-,44-,45+,46+/m0/s1. The van der Waals surface area contributed by atoms with Gasteiger partial charge in [0.2, 0.25) is 11.8 Å². The van der Waals surface area contributed by atoms with Crippen molar-refractivity contribution in [3.8, 4) is 11.1 Å². The van der Waals surface area contributed by atoms with Crippen LogP contribution in [0.2, 0.25) is 0 Å². The first-order valence-corrected chi connectivity index (χ1v) is 25.2. The van der Waals surface area contributed by atoms with Crippen molar-refractivity contribution >= 4 is 47.2 Å². The summed E-state index contributed by atoms with van der Waals surface area (Å²) in [4.78, 5) is 86.5. The van der Waals surface area contributed by atoms with Gasteiger partial charge in [-0.3, -0.25) is 19.2 Å². The first-order valence-electron chi connectivity index (χ1n) is 25.2. The van der Waals surface area contributed by atoms with Gasteiger partial charge < -0.3 is 59.5 Å². The molecule has 4 aromatic rings. The van der Waals surface area contributed by atoms with E-state index in [0.717, 1.165) is 60.8 Å². The SMILES string of the molecule is CCCCC1(CCCC)c2cc(NC(=O)[C@@H]3CC4(CN3C(=O)[C@H](NC(=O)OC)c3ccccc3)OCCO4)ccc2-c2ccc(NC(=O)[C@@H]3CC4(CN3C(=O)[C@H](NC(=O)OC)c3ccccc3)OCCO4)cc21. The predicted octanol–water partition coefficient (Wildman–Crippen LogP) is 7.09. The first-order chi connectivity index (χ1) is 35.4.